The number of nitrogens with one attached hydrogen (secondary N) is 1. The molecule has 2 aliphatic carbocycles. The van der Waals surface area contributed by atoms with E-state index in [1.165, 1.54) is 12.8 Å². The molecule has 0 radical (unpaired) electrons. The molecule has 3 fully saturated rings. The molecule has 0 aromatic carbocycles. The summed E-state index contributed by atoms with van der Waals surface area (Å²) >= 11 is 0. The van der Waals surface area contributed by atoms with E-state index in [-0.39, 0.29) is 11.5 Å². The molecular formula is C15H26N2O2. The predicted octanol–water partition coefficient (Wildman–Crippen LogP) is 1.54. The minimum atomic E-state index is 0.0782. The molecule has 1 N–H and O–H groups in total. The first-order valence-corrected chi connectivity index (χ1v) is 7.72. The van der Waals surface area contributed by atoms with Crippen molar-refractivity contribution in [3.8, 4) is 0 Å². The Kier molecular flexibility index (Phi) is 3.34. The molecule has 4 nitrogen and oxygen atoms in total. The van der Waals surface area contributed by atoms with Crippen LogP contribution in [0.3, 0.4) is 0 Å². The van der Waals surface area contributed by atoms with Crippen LogP contribution in [0.25, 0.3) is 0 Å². The van der Waals surface area contributed by atoms with Gasteiger partial charge in [0.15, 0.2) is 0 Å². The molecule has 4 heteroatoms. The Morgan fingerprint density at radius 3 is 2.68 bits per heavy atom. The third kappa shape index (κ3) is 2.29. The number of carbonyl (C=O) groups is 1. The second-order valence-electron chi connectivity index (χ2n) is 6.83. The number of carbonyl (C=O) groups excluding carboxylic acids is 1. The largest absolute Gasteiger partial charge is 0.378 e. The number of rotatable bonds is 5. The number of ether oxygens (including phenoxy) is 1. The van der Waals surface area contributed by atoms with Crippen LogP contribution in [-0.4, -0.2) is 48.2 Å². The van der Waals surface area contributed by atoms with E-state index in [4.69, 9.17) is 4.74 Å². The summed E-state index contributed by atoms with van der Waals surface area (Å²) in [6.45, 7) is 8.18. The van der Waals surface area contributed by atoms with Gasteiger partial charge in [-0.2, -0.15) is 0 Å². The molecular weight excluding hydrogens is 240 g/mol. The molecule has 1 aliphatic heterocycles. The van der Waals surface area contributed by atoms with Crippen LogP contribution in [0.4, 0.5) is 0 Å². The van der Waals surface area contributed by atoms with Gasteiger partial charge in [-0.3, -0.25) is 4.79 Å². The lowest BCUT2D eigenvalue weighted by Gasteiger charge is -2.55. The first-order valence-electron chi connectivity index (χ1n) is 7.72. The van der Waals surface area contributed by atoms with E-state index < -0.39 is 0 Å². The van der Waals surface area contributed by atoms with Gasteiger partial charge >= 0.3 is 0 Å². The van der Waals surface area contributed by atoms with Gasteiger partial charge in [-0.15, -0.1) is 0 Å². The molecule has 19 heavy (non-hydrogen) atoms. The summed E-state index contributed by atoms with van der Waals surface area (Å²) in [5.41, 5.74) is 0.0974. The molecule has 3 atom stereocenters. The third-order valence-corrected chi connectivity index (χ3v) is 5.12. The van der Waals surface area contributed by atoms with Crippen molar-refractivity contribution >= 4 is 5.91 Å². The molecule has 0 spiro atoms. The number of nitrogens with zero attached hydrogens (tertiary/aromatic N) is 1. The molecule has 0 aromatic rings. The van der Waals surface area contributed by atoms with Crippen LogP contribution < -0.4 is 5.32 Å². The summed E-state index contributed by atoms with van der Waals surface area (Å²) in [6, 6.07) is 1.05. The van der Waals surface area contributed by atoms with Gasteiger partial charge < -0.3 is 15.0 Å². The highest BCUT2D eigenvalue weighted by Crippen LogP contribution is 2.47. The maximum atomic E-state index is 12.5. The zero-order valence-corrected chi connectivity index (χ0v) is 12.3. The minimum absolute atomic E-state index is 0.0782. The van der Waals surface area contributed by atoms with Gasteiger partial charge in [0.1, 0.15) is 0 Å². The standard InChI is InChI=1S/C15H26N2O2/c1-4-19-13-9-12(15(13,2)3)17-8-7-11(14(17)18)16-10-5-6-10/h10-13,16H,4-9H2,1-3H3. The second kappa shape index (κ2) is 4.74. The Morgan fingerprint density at radius 2 is 2.11 bits per heavy atom. The molecule has 3 rings (SSSR count). The van der Waals surface area contributed by atoms with Crippen LogP contribution in [0.1, 0.15) is 46.5 Å². The Labute approximate surface area is 115 Å². The Morgan fingerprint density at radius 1 is 1.37 bits per heavy atom. The maximum Gasteiger partial charge on any atom is 0.240 e. The SMILES string of the molecule is CCOC1CC(N2CCC(NC3CC3)C2=O)C1(C)C. The molecule has 1 heterocycles. The lowest BCUT2D eigenvalue weighted by Crippen LogP contribution is -2.63. The van der Waals surface area contributed by atoms with Crippen LogP contribution in [0.15, 0.2) is 0 Å². The highest BCUT2D eigenvalue weighted by atomic mass is 16.5. The van der Waals surface area contributed by atoms with Crippen molar-refractivity contribution < 1.29 is 9.53 Å². The number of amides is 1. The maximum absolute atomic E-state index is 12.5. The summed E-state index contributed by atoms with van der Waals surface area (Å²) in [5, 5.41) is 3.48. The lowest BCUT2D eigenvalue weighted by molar-refractivity contribution is -0.163. The average Bonchev–Trinajstić information content (AvgIpc) is 3.12. The van der Waals surface area contributed by atoms with Crippen molar-refractivity contribution in [3.63, 3.8) is 0 Å². The number of hydrogen-bond donors (Lipinski definition) is 1. The molecule has 1 amide bonds. The molecule has 3 unspecified atom stereocenters. The fraction of sp³-hybridized carbons (Fsp3) is 0.933. The van der Waals surface area contributed by atoms with Gasteiger partial charge in [0.25, 0.3) is 0 Å². The molecule has 0 aromatic heterocycles. The highest BCUT2D eigenvalue weighted by molar-refractivity contribution is 5.84. The third-order valence-electron chi connectivity index (χ3n) is 5.12. The summed E-state index contributed by atoms with van der Waals surface area (Å²) in [7, 11) is 0. The smallest absolute Gasteiger partial charge is 0.240 e. The van der Waals surface area contributed by atoms with E-state index in [1.54, 1.807) is 0 Å². The van der Waals surface area contributed by atoms with E-state index in [9.17, 15) is 4.79 Å². The average molecular weight is 266 g/mol. The van der Waals surface area contributed by atoms with Crippen molar-refractivity contribution in [2.75, 3.05) is 13.2 Å². The first kappa shape index (κ1) is 13.4. The van der Waals surface area contributed by atoms with Crippen molar-refractivity contribution in [2.24, 2.45) is 5.41 Å². The number of likely N-dealkylation sites (tertiary alicyclic amines) is 1. The minimum Gasteiger partial charge on any atom is -0.378 e. The van der Waals surface area contributed by atoms with Gasteiger partial charge in [-0.05, 0) is 32.6 Å². The van der Waals surface area contributed by atoms with Gasteiger partial charge in [0.05, 0.1) is 12.1 Å². The van der Waals surface area contributed by atoms with E-state index in [1.807, 2.05) is 6.92 Å². The van der Waals surface area contributed by atoms with E-state index in [0.717, 1.165) is 26.0 Å². The summed E-state index contributed by atoms with van der Waals surface area (Å²) < 4.78 is 5.77. The zero-order valence-electron chi connectivity index (χ0n) is 12.3. The van der Waals surface area contributed by atoms with Crippen molar-refractivity contribution in [1.82, 2.24) is 10.2 Å². The van der Waals surface area contributed by atoms with Crippen molar-refractivity contribution in [3.05, 3.63) is 0 Å². The monoisotopic (exact) mass is 266 g/mol. The van der Waals surface area contributed by atoms with Crippen LogP contribution in [0.5, 0.6) is 0 Å². The van der Waals surface area contributed by atoms with Crippen LogP contribution >= 0.6 is 0 Å². The molecule has 1 saturated heterocycles. The normalized spacial score (nSPS) is 37.5. The van der Waals surface area contributed by atoms with Gasteiger partial charge in [0.2, 0.25) is 5.91 Å². The summed E-state index contributed by atoms with van der Waals surface area (Å²) in [5.74, 6) is 0.319. The number of hydrogen-bond acceptors (Lipinski definition) is 3. The Bertz CT molecular complexity index is 365. The zero-order chi connectivity index (χ0) is 13.6. The lowest BCUT2D eigenvalue weighted by atomic mass is 9.63. The van der Waals surface area contributed by atoms with Crippen molar-refractivity contribution in [1.29, 1.82) is 0 Å². The van der Waals surface area contributed by atoms with E-state index in [0.29, 0.717) is 24.1 Å². The van der Waals surface area contributed by atoms with Crippen LogP contribution in [-0.2, 0) is 9.53 Å². The van der Waals surface area contributed by atoms with Gasteiger partial charge in [-0.25, -0.2) is 0 Å². The molecule has 0 bridgehead atoms. The Hall–Kier alpha value is -0.610. The second-order valence-corrected chi connectivity index (χ2v) is 6.83. The van der Waals surface area contributed by atoms with E-state index >= 15 is 0 Å². The Balaban J connectivity index is 1.59. The van der Waals surface area contributed by atoms with Crippen molar-refractivity contribution in [2.45, 2.75) is 70.7 Å². The van der Waals surface area contributed by atoms with Crippen LogP contribution in [0, 0.1) is 5.41 Å². The topological polar surface area (TPSA) is 41.6 Å². The van der Waals surface area contributed by atoms with Crippen LogP contribution in [0.2, 0.25) is 0 Å². The fourth-order valence-electron chi connectivity index (χ4n) is 3.58. The summed E-state index contributed by atoms with van der Waals surface area (Å²) in [6.07, 6.45) is 4.77. The first-order chi connectivity index (χ1) is 9.04. The fourth-order valence-corrected chi connectivity index (χ4v) is 3.58. The highest BCUT2D eigenvalue weighted by Gasteiger charge is 2.54. The van der Waals surface area contributed by atoms with E-state index in [2.05, 4.69) is 24.1 Å². The van der Waals surface area contributed by atoms with Gasteiger partial charge in [-0.1, -0.05) is 13.8 Å². The predicted molar refractivity (Wildman–Crippen MR) is 73.9 cm³/mol. The molecule has 2 saturated carbocycles. The quantitative estimate of drug-likeness (QED) is 0.821. The molecule has 3 aliphatic rings. The summed E-state index contributed by atoms with van der Waals surface area (Å²) in [4.78, 5) is 14.6. The molecule has 108 valence electrons. The van der Waals surface area contributed by atoms with Gasteiger partial charge in [0, 0.05) is 30.7 Å².